The van der Waals surface area contributed by atoms with Gasteiger partial charge in [0.2, 0.25) is 0 Å². The number of benzene rings is 2. The van der Waals surface area contributed by atoms with Gasteiger partial charge in [-0.25, -0.2) is 4.79 Å². The number of ether oxygens (including phenoxy) is 1. The third-order valence-electron chi connectivity index (χ3n) is 6.52. The minimum absolute atomic E-state index is 0.154. The van der Waals surface area contributed by atoms with Crippen molar-refractivity contribution in [1.29, 1.82) is 0 Å². The molecular formula is C24H25F3N2O3. The molecule has 0 radical (unpaired) electrons. The molecule has 2 N–H and O–H groups in total. The molecule has 2 aromatic rings. The van der Waals surface area contributed by atoms with E-state index in [0.717, 1.165) is 6.07 Å². The van der Waals surface area contributed by atoms with Gasteiger partial charge in [-0.3, -0.25) is 0 Å². The highest BCUT2D eigenvalue weighted by molar-refractivity contribution is 5.92. The molecule has 2 fully saturated rings. The Bertz CT molecular complexity index is 1020. The molecule has 8 heteroatoms. The molecule has 0 aromatic heterocycles. The Balaban J connectivity index is 1.43. The number of nitrogens with zero attached hydrogens (tertiary/aromatic N) is 1. The molecule has 5 nitrogen and oxygen atoms in total. The van der Waals surface area contributed by atoms with E-state index in [2.05, 4.69) is 11.9 Å². The summed E-state index contributed by atoms with van der Waals surface area (Å²) < 4.78 is 45.4. The van der Waals surface area contributed by atoms with Crippen LogP contribution in [-0.4, -0.2) is 36.2 Å². The molecule has 1 saturated carbocycles. The first-order valence-corrected chi connectivity index (χ1v) is 10.5. The van der Waals surface area contributed by atoms with Crippen LogP contribution in [0.25, 0.3) is 5.76 Å². The van der Waals surface area contributed by atoms with Gasteiger partial charge in [-0.1, -0.05) is 24.8 Å². The van der Waals surface area contributed by atoms with Gasteiger partial charge in [0.25, 0.3) is 0 Å². The fraction of sp³-hybridized carbons (Fsp3) is 0.375. The summed E-state index contributed by atoms with van der Waals surface area (Å²) in [5, 5.41) is 12.7. The fourth-order valence-electron chi connectivity index (χ4n) is 5.02. The number of amides is 2. The van der Waals surface area contributed by atoms with Crippen LogP contribution in [0.3, 0.4) is 0 Å². The number of rotatable bonds is 4. The number of urea groups is 1. The van der Waals surface area contributed by atoms with Crippen LogP contribution in [0.2, 0.25) is 0 Å². The van der Waals surface area contributed by atoms with Gasteiger partial charge in [0.15, 0.2) is 0 Å². The number of methoxy groups -OCH3 is 1. The fourth-order valence-corrected chi connectivity index (χ4v) is 5.02. The number of aliphatic hydroxyl groups excluding tert-OH is 1. The molecule has 4 rings (SSSR count). The zero-order valence-electron chi connectivity index (χ0n) is 17.7. The zero-order valence-corrected chi connectivity index (χ0v) is 17.7. The predicted molar refractivity (Wildman–Crippen MR) is 116 cm³/mol. The number of carbonyl (C=O) groups is 1. The highest BCUT2D eigenvalue weighted by Crippen LogP contribution is 2.49. The second-order valence-electron chi connectivity index (χ2n) is 8.47. The van der Waals surface area contributed by atoms with E-state index in [0.29, 0.717) is 48.5 Å². The SMILES string of the molecule is C=C(O)c1cc(OC)ccc1NC(=O)N1C[C@H]2C[C@@H](c3ccccc3C(F)(F)F)C[C@H]2C1. The van der Waals surface area contributed by atoms with E-state index in [4.69, 9.17) is 4.74 Å². The Kier molecular flexibility index (Phi) is 5.79. The van der Waals surface area contributed by atoms with E-state index in [-0.39, 0.29) is 29.5 Å². The Morgan fingerprint density at radius 3 is 2.41 bits per heavy atom. The van der Waals surface area contributed by atoms with Gasteiger partial charge < -0.3 is 20.1 Å². The predicted octanol–water partition coefficient (Wildman–Crippen LogP) is 5.90. The maximum Gasteiger partial charge on any atom is 0.416 e. The number of alkyl halides is 3. The highest BCUT2D eigenvalue weighted by atomic mass is 19.4. The van der Waals surface area contributed by atoms with Gasteiger partial charge in [-0.15, -0.1) is 0 Å². The molecule has 32 heavy (non-hydrogen) atoms. The molecule has 170 valence electrons. The first-order valence-electron chi connectivity index (χ1n) is 10.5. The van der Waals surface area contributed by atoms with Crippen LogP contribution >= 0.6 is 0 Å². The lowest BCUT2D eigenvalue weighted by atomic mass is 9.91. The quantitative estimate of drug-likeness (QED) is 0.575. The van der Waals surface area contributed by atoms with E-state index >= 15 is 0 Å². The number of anilines is 1. The molecule has 1 aliphatic heterocycles. The van der Waals surface area contributed by atoms with E-state index in [1.807, 2.05) is 0 Å². The number of aliphatic hydroxyl groups is 1. The number of nitrogens with one attached hydrogen (secondary N) is 1. The van der Waals surface area contributed by atoms with E-state index in [9.17, 15) is 23.1 Å². The van der Waals surface area contributed by atoms with Crippen LogP contribution in [0.1, 0.15) is 35.4 Å². The first kappa shape index (κ1) is 22.0. The molecular weight excluding hydrogens is 421 g/mol. The summed E-state index contributed by atoms with van der Waals surface area (Å²) in [4.78, 5) is 14.5. The minimum atomic E-state index is -4.37. The van der Waals surface area contributed by atoms with Crippen LogP contribution in [0.15, 0.2) is 49.0 Å². The summed E-state index contributed by atoms with van der Waals surface area (Å²) in [6, 6.07) is 10.4. The minimum Gasteiger partial charge on any atom is -0.508 e. The molecule has 1 aliphatic carbocycles. The standard InChI is InChI=1S/C24H25F3N2O3/c1-14(30)20-11-18(32-2)7-8-22(20)28-23(31)29-12-16-9-15(10-17(16)13-29)19-5-3-4-6-21(19)24(25,26)27/h3-8,11,15-17,30H,1,9-10,12-13H2,2H3,(H,28,31)/t15-,16-,17+. The maximum absolute atomic E-state index is 13.4. The number of carbonyl (C=O) groups excluding carboxylic acids is 1. The largest absolute Gasteiger partial charge is 0.508 e. The lowest BCUT2D eigenvalue weighted by Gasteiger charge is -2.22. The summed E-state index contributed by atoms with van der Waals surface area (Å²) in [5.41, 5.74) is 0.573. The van der Waals surface area contributed by atoms with Gasteiger partial charge in [-0.2, -0.15) is 13.2 Å². The average Bonchev–Trinajstić information content (AvgIpc) is 3.32. The second-order valence-corrected chi connectivity index (χ2v) is 8.47. The van der Waals surface area contributed by atoms with Crippen molar-refractivity contribution in [2.24, 2.45) is 11.8 Å². The molecule has 0 unspecified atom stereocenters. The lowest BCUT2D eigenvalue weighted by Crippen LogP contribution is -2.34. The van der Waals surface area contributed by atoms with Crippen molar-refractivity contribution in [3.63, 3.8) is 0 Å². The summed E-state index contributed by atoms with van der Waals surface area (Å²) >= 11 is 0. The summed E-state index contributed by atoms with van der Waals surface area (Å²) in [7, 11) is 1.50. The zero-order chi connectivity index (χ0) is 23.0. The van der Waals surface area contributed by atoms with Gasteiger partial charge in [0.05, 0.1) is 18.4 Å². The molecule has 0 spiro atoms. The van der Waals surface area contributed by atoms with Gasteiger partial charge in [0, 0.05) is 18.7 Å². The smallest absolute Gasteiger partial charge is 0.416 e. The Morgan fingerprint density at radius 1 is 1.16 bits per heavy atom. The van der Waals surface area contributed by atoms with Crippen LogP contribution in [0.4, 0.5) is 23.7 Å². The summed E-state index contributed by atoms with van der Waals surface area (Å²) in [6.07, 6.45) is -3.11. The van der Waals surface area contributed by atoms with Crippen molar-refractivity contribution in [3.05, 3.63) is 65.7 Å². The van der Waals surface area contributed by atoms with Crippen LogP contribution < -0.4 is 10.1 Å². The normalized spacial score (nSPS) is 22.5. The number of hydrogen-bond acceptors (Lipinski definition) is 3. The Labute approximate surface area is 184 Å². The first-order chi connectivity index (χ1) is 15.2. The molecule has 1 heterocycles. The third kappa shape index (κ3) is 4.26. The van der Waals surface area contributed by atoms with E-state index < -0.39 is 11.7 Å². The Morgan fingerprint density at radius 2 is 1.81 bits per heavy atom. The van der Waals surface area contributed by atoms with Crippen LogP contribution in [0.5, 0.6) is 5.75 Å². The third-order valence-corrected chi connectivity index (χ3v) is 6.52. The Hall–Kier alpha value is -3.16. The number of likely N-dealkylation sites (tertiary alicyclic amines) is 1. The topological polar surface area (TPSA) is 61.8 Å². The van der Waals surface area contributed by atoms with Crippen molar-refractivity contribution in [2.45, 2.75) is 24.9 Å². The van der Waals surface area contributed by atoms with Gasteiger partial charge in [0.1, 0.15) is 11.5 Å². The van der Waals surface area contributed by atoms with Gasteiger partial charge >= 0.3 is 12.2 Å². The average molecular weight is 446 g/mol. The number of hydrogen-bond donors (Lipinski definition) is 2. The lowest BCUT2D eigenvalue weighted by molar-refractivity contribution is -0.138. The summed E-state index contributed by atoms with van der Waals surface area (Å²) in [6.45, 7) is 4.51. The van der Waals surface area contributed by atoms with Crippen molar-refractivity contribution in [2.75, 3.05) is 25.5 Å². The monoisotopic (exact) mass is 446 g/mol. The van der Waals surface area contributed by atoms with Crippen LogP contribution in [-0.2, 0) is 6.18 Å². The van der Waals surface area contributed by atoms with E-state index in [1.165, 1.54) is 13.2 Å². The van der Waals surface area contributed by atoms with Crippen molar-refractivity contribution < 1.29 is 27.8 Å². The highest BCUT2D eigenvalue weighted by Gasteiger charge is 2.45. The van der Waals surface area contributed by atoms with Crippen molar-refractivity contribution in [1.82, 2.24) is 4.90 Å². The second kappa shape index (κ2) is 8.41. The molecule has 0 bridgehead atoms. The van der Waals surface area contributed by atoms with Gasteiger partial charge in [-0.05, 0) is 60.4 Å². The molecule has 2 amide bonds. The summed E-state index contributed by atoms with van der Waals surface area (Å²) in [5.74, 6) is 0.502. The molecule has 2 aliphatic rings. The van der Waals surface area contributed by atoms with E-state index in [1.54, 1.807) is 35.2 Å². The number of halogens is 3. The van der Waals surface area contributed by atoms with Crippen LogP contribution in [0, 0.1) is 11.8 Å². The van der Waals surface area contributed by atoms with Crippen molar-refractivity contribution >= 4 is 17.5 Å². The number of fused-ring (bicyclic) bond motifs is 1. The molecule has 2 aromatic carbocycles. The molecule has 1 saturated heterocycles. The molecule has 3 atom stereocenters. The van der Waals surface area contributed by atoms with Crippen molar-refractivity contribution in [3.8, 4) is 5.75 Å². The maximum atomic E-state index is 13.4.